The van der Waals surface area contributed by atoms with Gasteiger partial charge in [0.05, 0.1) is 13.2 Å². The Balaban J connectivity index is 2.49. The highest BCUT2D eigenvalue weighted by molar-refractivity contribution is 5.55. The maximum absolute atomic E-state index is 9.13. The van der Waals surface area contributed by atoms with Crippen molar-refractivity contribution in [3.8, 4) is 11.5 Å². The van der Waals surface area contributed by atoms with E-state index in [-0.39, 0.29) is 6.10 Å². The average Bonchev–Trinajstić information content (AvgIpc) is 2.39. The second kappa shape index (κ2) is 8.56. The molecule has 0 saturated heterocycles. The molecule has 0 bridgehead atoms. The third-order valence-electron chi connectivity index (χ3n) is 2.63. The minimum absolute atomic E-state index is 0.283. The molecule has 0 unspecified atom stereocenters. The van der Waals surface area contributed by atoms with Gasteiger partial charge in [0, 0.05) is 0 Å². The van der Waals surface area contributed by atoms with Gasteiger partial charge in [-0.3, -0.25) is 0 Å². The SMILES string of the molecule is C/C=C/c1ccc(OCC[NH2+]C[C@H](C)O)c(OC)c1. The van der Waals surface area contributed by atoms with Crippen molar-refractivity contribution < 1.29 is 19.9 Å². The van der Waals surface area contributed by atoms with Crippen LogP contribution in [0.15, 0.2) is 24.3 Å². The Labute approximate surface area is 115 Å². The molecule has 0 aromatic heterocycles. The fraction of sp³-hybridized carbons (Fsp3) is 0.467. The van der Waals surface area contributed by atoms with Gasteiger partial charge in [-0.25, -0.2) is 0 Å². The molecular weight excluding hydrogens is 242 g/mol. The zero-order valence-corrected chi connectivity index (χ0v) is 11.9. The van der Waals surface area contributed by atoms with Gasteiger partial charge in [-0.1, -0.05) is 18.2 Å². The van der Waals surface area contributed by atoms with Crippen LogP contribution < -0.4 is 14.8 Å². The highest BCUT2D eigenvalue weighted by Gasteiger charge is 2.05. The van der Waals surface area contributed by atoms with Gasteiger partial charge >= 0.3 is 0 Å². The maximum Gasteiger partial charge on any atom is 0.161 e. The van der Waals surface area contributed by atoms with Gasteiger partial charge in [0.25, 0.3) is 0 Å². The van der Waals surface area contributed by atoms with E-state index in [2.05, 4.69) is 0 Å². The van der Waals surface area contributed by atoms with Crippen LogP contribution in [-0.2, 0) is 0 Å². The summed E-state index contributed by atoms with van der Waals surface area (Å²) in [5.41, 5.74) is 1.09. The summed E-state index contributed by atoms with van der Waals surface area (Å²) in [7, 11) is 1.64. The quantitative estimate of drug-likeness (QED) is 0.692. The predicted molar refractivity (Wildman–Crippen MR) is 76.5 cm³/mol. The van der Waals surface area contributed by atoms with E-state index in [0.29, 0.717) is 13.2 Å². The smallest absolute Gasteiger partial charge is 0.161 e. The van der Waals surface area contributed by atoms with Gasteiger partial charge < -0.3 is 19.9 Å². The number of aliphatic hydroxyl groups excluding tert-OH is 1. The second-order valence-corrected chi connectivity index (χ2v) is 4.42. The van der Waals surface area contributed by atoms with E-state index in [4.69, 9.17) is 14.6 Å². The summed E-state index contributed by atoms with van der Waals surface area (Å²) in [4.78, 5) is 0. The minimum atomic E-state index is -0.283. The molecule has 0 radical (unpaired) electrons. The molecule has 106 valence electrons. The van der Waals surface area contributed by atoms with Crippen molar-refractivity contribution >= 4 is 6.08 Å². The van der Waals surface area contributed by atoms with Crippen LogP contribution in [0.4, 0.5) is 0 Å². The molecule has 1 aromatic rings. The van der Waals surface area contributed by atoms with E-state index >= 15 is 0 Å². The number of rotatable bonds is 8. The fourth-order valence-corrected chi connectivity index (χ4v) is 1.71. The molecule has 0 aliphatic heterocycles. The van der Waals surface area contributed by atoms with Crippen LogP contribution in [0.3, 0.4) is 0 Å². The molecular formula is C15H24NO3+. The molecule has 0 amide bonds. The van der Waals surface area contributed by atoms with E-state index in [1.165, 1.54) is 0 Å². The van der Waals surface area contributed by atoms with Crippen molar-refractivity contribution in [2.75, 3.05) is 26.8 Å². The van der Waals surface area contributed by atoms with Crippen LogP contribution in [0.1, 0.15) is 19.4 Å². The van der Waals surface area contributed by atoms with Crippen LogP contribution >= 0.6 is 0 Å². The average molecular weight is 266 g/mol. The molecule has 4 nitrogen and oxygen atoms in total. The lowest BCUT2D eigenvalue weighted by Crippen LogP contribution is -2.87. The molecule has 0 aliphatic carbocycles. The lowest BCUT2D eigenvalue weighted by atomic mass is 10.2. The first-order chi connectivity index (χ1) is 9.17. The van der Waals surface area contributed by atoms with E-state index in [1.807, 2.05) is 42.6 Å². The number of hydrogen-bond acceptors (Lipinski definition) is 3. The first-order valence-electron chi connectivity index (χ1n) is 6.60. The highest BCUT2D eigenvalue weighted by atomic mass is 16.5. The molecule has 19 heavy (non-hydrogen) atoms. The van der Waals surface area contributed by atoms with Crippen LogP contribution in [0.2, 0.25) is 0 Å². The van der Waals surface area contributed by atoms with Crippen LogP contribution in [0.25, 0.3) is 6.08 Å². The minimum Gasteiger partial charge on any atom is -0.493 e. The van der Waals surface area contributed by atoms with Gasteiger partial charge in [-0.05, 0) is 31.5 Å². The maximum atomic E-state index is 9.13. The van der Waals surface area contributed by atoms with Gasteiger partial charge in [-0.15, -0.1) is 0 Å². The third-order valence-corrected chi connectivity index (χ3v) is 2.63. The van der Waals surface area contributed by atoms with Crippen molar-refractivity contribution in [1.29, 1.82) is 0 Å². The molecule has 1 rings (SSSR count). The molecule has 0 aliphatic rings. The van der Waals surface area contributed by atoms with E-state index in [1.54, 1.807) is 14.0 Å². The van der Waals surface area contributed by atoms with E-state index in [9.17, 15) is 0 Å². The third kappa shape index (κ3) is 5.77. The zero-order chi connectivity index (χ0) is 14.1. The van der Waals surface area contributed by atoms with Crippen LogP contribution in [0, 0.1) is 0 Å². The molecule has 0 fully saturated rings. The number of aliphatic hydroxyl groups is 1. The first kappa shape index (κ1) is 15.5. The molecule has 3 N–H and O–H groups in total. The molecule has 0 saturated carbocycles. The summed E-state index contributed by atoms with van der Waals surface area (Å²) in [6, 6.07) is 5.87. The molecule has 0 heterocycles. The lowest BCUT2D eigenvalue weighted by molar-refractivity contribution is -0.661. The lowest BCUT2D eigenvalue weighted by Gasteiger charge is -2.11. The largest absolute Gasteiger partial charge is 0.493 e. The van der Waals surface area contributed by atoms with Gasteiger partial charge in [0.15, 0.2) is 11.5 Å². The van der Waals surface area contributed by atoms with Crippen molar-refractivity contribution in [3.05, 3.63) is 29.8 Å². The molecule has 0 spiro atoms. The summed E-state index contributed by atoms with van der Waals surface area (Å²) >= 11 is 0. The Morgan fingerprint density at radius 1 is 1.37 bits per heavy atom. The molecule has 4 heteroatoms. The normalized spacial score (nSPS) is 12.6. The van der Waals surface area contributed by atoms with Gasteiger partial charge in [-0.2, -0.15) is 0 Å². The van der Waals surface area contributed by atoms with Gasteiger partial charge in [0.2, 0.25) is 0 Å². The summed E-state index contributed by atoms with van der Waals surface area (Å²) in [5, 5.41) is 11.2. The van der Waals surface area contributed by atoms with E-state index < -0.39 is 0 Å². The van der Waals surface area contributed by atoms with Crippen molar-refractivity contribution in [2.24, 2.45) is 0 Å². The van der Waals surface area contributed by atoms with Crippen molar-refractivity contribution in [1.82, 2.24) is 0 Å². The Hall–Kier alpha value is -1.52. The first-order valence-corrected chi connectivity index (χ1v) is 6.60. The van der Waals surface area contributed by atoms with E-state index in [0.717, 1.165) is 23.6 Å². The monoisotopic (exact) mass is 266 g/mol. The fourth-order valence-electron chi connectivity index (χ4n) is 1.71. The summed E-state index contributed by atoms with van der Waals surface area (Å²) < 4.78 is 11.0. The van der Waals surface area contributed by atoms with Crippen molar-refractivity contribution in [3.63, 3.8) is 0 Å². The number of allylic oxidation sites excluding steroid dienone is 1. The Morgan fingerprint density at radius 2 is 2.16 bits per heavy atom. The number of hydrogen-bond donors (Lipinski definition) is 2. The molecule has 1 atom stereocenters. The number of methoxy groups -OCH3 is 1. The predicted octanol–water partition coefficient (Wildman–Crippen LogP) is 1.05. The molecule has 1 aromatic carbocycles. The van der Waals surface area contributed by atoms with Crippen LogP contribution in [-0.4, -0.2) is 38.0 Å². The zero-order valence-electron chi connectivity index (χ0n) is 11.9. The summed E-state index contributed by atoms with van der Waals surface area (Å²) in [6.07, 6.45) is 3.72. The number of benzene rings is 1. The number of nitrogens with two attached hydrogens (primary N) is 1. The van der Waals surface area contributed by atoms with Crippen molar-refractivity contribution in [2.45, 2.75) is 20.0 Å². The number of ether oxygens (including phenoxy) is 2. The second-order valence-electron chi connectivity index (χ2n) is 4.42. The summed E-state index contributed by atoms with van der Waals surface area (Å²) in [5.74, 6) is 1.49. The summed E-state index contributed by atoms with van der Waals surface area (Å²) in [6.45, 7) is 5.85. The van der Waals surface area contributed by atoms with Gasteiger partial charge in [0.1, 0.15) is 19.7 Å². The number of quaternary nitrogens is 1. The standard InChI is InChI=1S/C15H23NO3/c1-4-5-13-6-7-14(15(10-13)18-3)19-9-8-16-11-12(2)17/h4-7,10,12,16-17H,8-9,11H2,1-3H3/p+1/b5-4+/t12-/m0/s1. The Morgan fingerprint density at radius 3 is 2.79 bits per heavy atom. The Kier molecular flexibility index (Phi) is 7.00. The van der Waals surface area contributed by atoms with Crippen LogP contribution in [0.5, 0.6) is 11.5 Å². The topological polar surface area (TPSA) is 55.3 Å². The Bertz CT molecular complexity index is 402. The highest BCUT2D eigenvalue weighted by Crippen LogP contribution is 2.28.